The molecule has 0 aliphatic rings. The maximum atomic E-state index is 14.5. The molecule has 0 fully saturated rings. The number of ketones is 1. The number of carbonyl (C=O) groups excluding carboxylic acids is 1. The van der Waals surface area contributed by atoms with Gasteiger partial charge in [0.1, 0.15) is 23.1 Å². The van der Waals surface area contributed by atoms with Gasteiger partial charge in [-0.25, -0.2) is 25.9 Å². The maximum absolute atomic E-state index is 14.5. The summed E-state index contributed by atoms with van der Waals surface area (Å²) in [7, 11) is -4.31. The number of carbonyl (C=O) groups is 1. The van der Waals surface area contributed by atoms with Crippen molar-refractivity contribution in [2.45, 2.75) is 18.7 Å². The lowest BCUT2D eigenvalue weighted by Gasteiger charge is -2.13. The normalized spacial score (nSPS) is 11.7. The summed E-state index contributed by atoms with van der Waals surface area (Å²) in [5.41, 5.74) is 8.26. The summed E-state index contributed by atoms with van der Waals surface area (Å²) in [5.74, 6) is -1.46. The van der Waals surface area contributed by atoms with Crippen LogP contribution in [0.4, 0.5) is 14.6 Å². The van der Waals surface area contributed by atoms with E-state index in [9.17, 15) is 22.0 Å². The van der Waals surface area contributed by atoms with E-state index >= 15 is 0 Å². The van der Waals surface area contributed by atoms with Crippen molar-refractivity contribution in [1.29, 1.82) is 0 Å². The Morgan fingerprint density at radius 3 is 2.36 bits per heavy atom. The lowest BCUT2D eigenvalue weighted by atomic mass is 10.1. The number of rotatable bonds is 7. The van der Waals surface area contributed by atoms with E-state index in [1.807, 2.05) is 6.92 Å². The van der Waals surface area contributed by atoms with Gasteiger partial charge in [-0.2, -0.15) is 5.10 Å². The van der Waals surface area contributed by atoms with Gasteiger partial charge >= 0.3 is 0 Å². The van der Waals surface area contributed by atoms with Gasteiger partial charge in [-0.1, -0.05) is 29.8 Å². The van der Waals surface area contributed by atoms with Crippen molar-refractivity contribution in [3.63, 3.8) is 0 Å². The summed E-state index contributed by atoms with van der Waals surface area (Å²) in [6, 6.07) is 20.9. The molecule has 0 amide bonds. The van der Waals surface area contributed by atoms with E-state index in [4.69, 9.17) is 10.5 Å². The molecule has 0 bridgehead atoms. The summed E-state index contributed by atoms with van der Waals surface area (Å²) in [6.45, 7) is 3.59. The average Bonchev–Trinajstić information content (AvgIpc) is 3.55. The first-order valence-electron chi connectivity index (χ1n) is 13.2. The van der Waals surface area contributed by atoms with Gasteiger partial charge in [0, 0.05) is 5.39 Å². The van der Waals surface area contributed by atoms with E-state index in [0.29, 0.717) is 17.0 Å². The predicted octanol–water partition coefficient (Wildman–Crippen LogP) is 7.33. The Hall–Kier alpha value is -4.81. The number of nitrogens with zero attached hydrogens (tertiary/aromatic N) is 3. The minimum atomic E-state index is -4.31. The Labute approximate surface area is 259 Å². The van der Waals surface area contributed by atoms with Gasteiger partial charge in [-0.3, -0.25) is 4.79 Å². The van der Waals surface area contributed by atoms with Crippen molar-refractivity contribution < 1.29 is 26.7 Å². The lowest BCUT2D eigenvalue weighted by molar-refractivity contribution is 0.103. The molecule has 4 aromatic carbocycles. The third kappa shape index (κ3) is 5.05. The number of aryl methyl sites for hydroxylation is 2. The Morgan fingerprint density at radius 1 is 0.932 bits per heavy atom. The molecule has 0 radical (unpaired) electrons. The largest absolute Gasteiger partial charge is 0.454 e. The van der Waals surface area contributed by atoms with Gasteiger partial charge in [-0.05, 0) is 96.0 Å². The van der Waals surface area contributed by atoms with Crippen LogP contribution < -0.4 is 10.5 Å². The van der Waals surface area contributed by atoms with Crippen molar-refractivity contribution >= 4 is 48.5 Å². The highest BCUT2D eigenvalue weighted by Crippen LogP contribution is 2.33. The van der Waals surface area contributed by atoms with Gasteiger partial charge in [-0.15, -0.1) is 0 Å². The highest BCUT2D eigenvalue weighted by atomic mass is 79.9. The second-order valence-corrected chi connectivity index (χ2v) is 12.7. The monoisotopic (exact) mass is 676 g/mol. The second kappa shape index (κ2) is 11.0. The zero-order valence-corrected chi connectivity index (χ0v) is 25.7. The molecular weight excluding hydrogens is 654 g/mol. The standard InChI is InChI=1S/C32H23BrF2N4O4S/c1-18-7-10-22(11-8-18)44(41,42)39-28-16-24(33)26(35)14-20(28)15-29(39)31(40)23-17-37-38(32(23)36)27-12-9-21(13-19(27)2)43-30-6-4-3-5-25(30)34/h3-17H,36H2,1-2H3. The summed E-state index contributed by atoms with van der Waals surface area (Å²) in [4.78, 5) is 13.9. The zero-order valence-electron chi connectivity index (χ0n) is 23.3. The minimum Gasteiger partial charge on any atom is -0.454 e. The number of hydrogen-bond acceptors (Lipinski definition) is 6. The number of halogens is 3. The van der Waals surface area contributed by atoms with Crippen molar-refractivity contribution in [2.24, 2.45) is 0 Å². The van der Waals surface area contributed by atoms with Gasteiger partial charge in [0.25, 0.3) is 10.0 Å². The van der Waals surface area contributed by atoms with Crippen LogP contribution in [-0.4, -0.2) is 28.0 Å². The third-order valence-electron chi connectivity index (χ3n) is 7.10. The Kier molecular flexibility index (Phi) is 7.34. The van der Waals surface area contributed by atoms with Crippen LogP contribution in [0, 0.1) is 25.5 Å². The van der Waals surface area contributed by atoms with Crippen LogP contribution in [0.5, 0.6) is 11.5 Å². The molecule has 12 heteroatoms. The minimum absolute atomic E-state index is 0.0349. The molecule has 0 spiro atoms. The molecule has 2 heterocycles. The fraction of sp³-hybridized carbons (Fsp3) is 0.0625. The molecule has 2 N–H and O–H groups in total. The van der Waals surface area contributed by atoms with Crippen molar-refractivity contribution in [3.8, 4) is 17.2 Å². The van der Waals surface area contributed by atoms with Gasteiger partial charge < -0.3 is 10.5 Å². The maximum Gasteiger partial charge on any atom is 0.268 e. The van der Waals surface area contributed by atoms with Crippen LogP contribution in [0.25, 0.3) is 16.6 Å². The number of aromatic nitrogens is 3. The number of anilines is 1. The molecule has 222 valence electrons. The van der Waals surface area contributed by atoms with E-state index in [0.717, 1.165) is 15.6 Å². The van der Waals surface area contributed by atoms with E-state index in [1.54, 1.807) is 49.4 Å². The van der Waals surface area contributed by atoms with Crippen LogP contribution in [0.2, 0.25) is 0 Å². The number of fused-ring (bicyclic) bond motifs is 1. The summed E-state index contributed by atoms with van der Waals surface area (Å²) >= 11 is 3.12. The number of benzene rings is 4. The van der Waals surface area contributed by atoms with Crippen molar-refractivity contribution in [2.75, 3.05) is 5.73 Å². The highest BCUT2D eigenvalue weighted by molar-refractivity contribution is 9.10. The number of para-hydroxylation sites is 1. The fourth-order valence-electron chi connectivity index (χ4n) is 4.86. The Balaban J connectivity index is 1.42. The summed E-state index contributed by atoms with van der Waals surface area (Å²) in [5, 5.41) is 4.51. The van der Waals surface area contributed by atoms with Gasteiger partial charge in [0.05, 0.1) is 32.3 Å². The molecule has 6 rings (SSSR count). The van der Waals surface area contributed by atoms with Crippen molar-refractivity contribution in [3.05, 3.63) is 130 Å². The lowest BCUT2D eigenvalue weighted by Crippen LogP contribution is -2.19. The quantitative estimate of drug-likeness (QED) is 0.177. The highest BCUT2D eigenvalue weighted by Gasteiger charge is 2.30. The smallest absolute Gasteiger partial charge is 0.268 e. The van der Waals surface area contributed by atoms with Crippen LogP contribution >= 0.6 is 15.9 Å². The molecule has 0 saturated carbocycles. The van der Waals surface area contributed by atoms with Crippen molar-refractivity contribution in [1.82, 2.24) is 13.8 Å². The molecule has 2 aromatic heterocycles. The first-order chi connectivity index (χ1) is 21.0. The Morgan fingerprint density at radius 2 is 1.66 bits per heavy atom. The van der Waals surface area contributed by atoms with E-state index in [2.05, 4.69) is 21.0 Å². The summed E-state index contributed by atoms with van der Waals surface area (Å²) in [6.07, 6.45) is 1.25. The van der Waals surface area contributed by atoms with E-state index < -0.39 is 27.4 Å². The zero-order chi connectivity index (χ0) is 31.3. The van der Waals surface area contributed by atoms with E-state index in [1.165, 1.54) is 47.3 Å². The average molecular weight is 678 g/mol. The predicted molar refractivity (Wildman–Crippen MR) is 166 cm³/mol. The Bertz CT molecular complexity index is 2210. The SMILES string of the molecule is Cc1ccc(S(=O)(=O)n2c(C(=O)c3cnn(-c4ccc(Oc5ccccc5F)cc4C)c3N)cc3cc(F)c(Br)cc32)cc1. The molecule has 0 unspecified atom stereocenters. The topological polar surface area (TPSA) is 109 Å². The van der Waals surface area contributed by atoms with Crippen LogP contribution in [0.3, 0.4) is 0 Å². The molecule has 44 heavy (non-hydrogen) atoms. The summed E-state index contributed by atoms with van der Waals surface area (Å²) < 4.78 is 64.4. The van der Waals surface area contributed by atoms with Crippen LogP contribution in [0.1, 0.15) is 27.2 Å². The molecule has 0 aliphatic carbocycles. The molecule has 0 aliphatic heterocycles. The number of ether oxygens (including phenoxy) is 1. The van der Waals surface area contributed by atoms with Gasteiger partial charge in [0.15, 0.2) is 11.6 Å². The third-order valence-corrected chi connectivity index (χ3v) is 9.45. The molecule has 6 aromatic rings. The number of nitrogen functional groups attached to an aromatic ring is 1. The first-order valence-corrected chi connectivity index (χ1v) is 15.4. The van der Waals surface area contributed by atoms with Crippen LogP contribution in [-0.2, 0) is 10.0 Å². The molecule has 8 nitrogen and oxygen atoms in total. The fourth-order valence-corrected chi connectivity index (χ4v) is 6.69. The second-order valence-electron chi connectivity index (χ2n) is 10.1. The molecular formula is C32H23BrF2N4O4S. The number of hydrogen-bond donors (Lipinski definition) is 1. The number of nitrogens with two attached hydrogens (primary N) is 1. The van der Waals surface area contributed by atoms with Crippen LogP contribution in [0.15, 0.2) is 100 Å². The molecule has 0 saturated heterocycles. The molecule has 0 atom stereocenters. The van der Waals surface area contributed by atoms with E-state index in [-0.39, 0.29) is 43.1 Å². The first kappa shape index (κ1) is 29.3. The van der Waals surface area contributed by atoms with Gasteiger partial charge in [0.2, 0.25) is 5.78 Å².